The van der Waals surface area contributed by atoms with E-state index in [2.05, 4.69) is 11.9 Å². The van der Waals surface area contributed by atoms with Gasteiger partial charge in [-0.25, -0.2) is 0 Å². The predicted octanol–water partition coefficient (Wildman–Crippen LogP) is 2.10. The van der Waals surface area contributed by atoms with Crippen LogP contribution in [0.2, 0.25) is 0 Å². The van der Waals surface area contributed by atoms with Gasteiger partial charge in [0.2, 0.25) is 0 Å². The Hall–Kier alpha value is -0.510. The molecule has 0 aromatic heterocycles. The molecule has 0 atom stereocenters. The maximum atomic E-state index is 11.5. The standard InChI is InChI=1S/C7H12F3N/c1-3-6(2)4-11-5-7(8,9)10/h11H,2-5H2,1H3. The van der Waals surface area contributed by atoms with Gasteiger partial charge in [0.25, 0.3) is 0 Å². The summed E-state index contributed by atoms with van der Waals surface area (Å²) in [5.74, 6) is 0. The molecule has 0 amide bonds. The molecule has 1 nitrogen and oxygen atoms in total. The van der Waals surface area contributed by atoms with Crippen molar-refractivity contribution >= 4 is 0 Å². The number of nitrogens with one attached hydrogen (secondary N) is 1. The zero-order chi connectivity index (χ0) is 8.91. The largest absolute Gasteiger partial charge is 0.401 e. The molecule has 0 aliphatic rings. The molecule has 0 fully saturated rings. The van der Waals surface area contributed by atoms with Gasteiger partial charge in [-0.1, -0.05) is 19.1 Å². The van der Waals surface area contributed by atoms with Gasteiger partial charge >= 0.3 is 6.18 Å². The molecule has 0 saturated carbocycles. The van der Waals surface area contributed by atoms with Crippen LogP contribution in [0.15, 0.2) is 12.2 Å². The first-order chi connectivity index (χ1) is 4.95. The summed E-state index contributed by atoms with van der Waals surface area (Å²) < 4.78 is 34.6. The van der Waals surface area contributed by atoms with E-state index in [0.29, 0.717) is 6.42 Å². The molecule has 0 heterocycles. The van der Waals surface area contributed by atoms with Crippen molar-refractivity contribution in [2.24, 2.45) is 0 Å². The summed E-state index contributed by atoms with van der Waals surface area (Å²) in [5, 5.41) is 2.25. The van der Waals surface area contributed by atoms with Crippen LogP contribution >= 0.6 is 0 Å². The topological polar surface area (TPSA) is 12.0 Å². The number of alkyl halides is 3. The molecule has 0 aromatic carbocycles. The summed E-state index contributed by atoms with van der Waals surface area (Å²) in [6.07, 6.45) is -3.40. The monoisotopic (exact) mass is 167 g/mol. The van der Waals surface area contributed by atoms with Crippen LogP contribution < -0.4 is 5.32 Å². The van der Waals surface area contributed by atoms with Gasteiger partial charge in [-0.05, 0) is 6.42 Å². The van der Waals surface area contributed by atoms with E-state index in [9.17, 15) is 13.2 Å². The van der Waals surface area contributed by atoms with Gasteiger partial charge in [-0.15, -0.1) is 0 Å². The molecule has 1 N–H and O–H groups in total. The fraction of sp³-hybridized carbons (Fsp3) is 0.714. The summed E-state index contributed by atoms with van der Waals surface area (Å²) >= 11 is 0. The van der Waals surface area contributed by atoms with Gasteiger partial charge in [0.1, 0.15) is 0 Å². The summed E-state index contributed by atoms with van der Waals surface area (Å²) in [4.78, 5) is 0. The lowest BCUT2D eigenvalue weighted by Crippen LogP contribution is -2.29. The zero-order valence-electron chi connectivity index (χ0n) is 6.46. The Morgan fingerprint density at radius 2 is 2.00 bits per heavy atom. The van der Waals surface area contributed by atoms with Crippen molar-refractivity contribution in [3.8, 4) is 0 Å². The quantitative estimate of drug-likeness (QED) is 0.632. The van der Waals surface area contributed by atoms with Crippen LogP contribution in [0.3, 0.4) is 0 Å². The van der Waals surface area contributed by atoms with E-state index >= 15 is 0 Å². The lowest BCUT2D eigenvalue weighted by Gasteiger charge is -2.08. The normalized spacial score (nSPS) is 11.6. The number of hydrogen-bond acceptors (Lipinski definition) is 1. The third kappa shape index (κ3) is 7.39. The Bertz CT molecular complexity index is 128. The van der Waals surface area contributed by atoms with Gasteiger partial charge in [0, 0.05) is 6.54 Å². The van der Waals surface area contributed by atoms with E-state index in [4.69, 9.17) is 0 Å². The van der Waals surface area contributed by atoms with Crippen LogP contribution in [0.1, 0.15) is 13.3 Å². The molecule has 66 valence electrons. The molecule has 11 heavy (non-hydrogen) atoms. The van der Waals surface area contributed by atoms with Crippen LogP contribution in [-0.2, 0) is 0 Å². The molecule has 0 aliphatic carbocycles. The van der Waals surface area contributed by atoms with Crippen molar-refractivity contribution in [2.75, 3.05) is 13.1 Å². The molecule has 0 rings (SSSR count). The van der Waals surface area contributed by atoms with E-state index in [1.807, 2.05) is 6.92 Å². The van der Waals surface area contributed by atoms with Crippen LogP contribution in [0.5, 0.6) is 0 Å². The Kier molecular flexibility index (Phi) is 4.18. The maximum Gasteiger partial charge on any atom is 0.401 e. The lowest BCUT2D eigenvalue weighted by molar-refractivity contribution is -0.124. The number of halogens is 3. The first kappa shape index (κ1) is 10.5. The number of hydrogen-bond donors (Lipinski definition) is 1. The van der Waals surface area contributed by atoms with Crippen molar-refractivity contribution in [1.82, 2.24) is 5.32 Å². The minimum atomic E-state index is -4.12. The van der Waals surface area contributed by atoms with E-state index in [0.717, 1.165) is 5.57 Å². The second kappa shape index (κ2) is 4.38. The van der Waals surface area contributed by atoms with Crippen molar-refractivity contribution in [3.63, 3.8) is 0 Å². The van der Waals surface area contributed by atoms with Crippen molar-refractivity contribution < 1.29 is 13.2 Å². The van der Waals surface area contributed by atoms with Crippen LogP contribution in [0, 0.1) is 0 Å². The SMILES string of the molecule is C=C(CC)CNCC(F)(F)F. The second-order valence-corrected chi connectivity index (χ2v) is 2.32. The van der Waals surface area contributed by atoms with Crippen molar-refractivity contribution in [3.05, 3.63) is 12.2 Å². The highest BCUT2D eigenvalue weighted by atomic mass is 19.4. The summed E-state index contributed by atoms with van der Waals surface area (Å²) in [7, 11) is 0. The first-order valence-electron chi connectivity index (χ1n) is 3.40. The molecule has 0 bridgehead atoms. The summed E-state index contributed by atoms with van der Waals surface area (Å²) in [5.41, 5.74) is 0.786. The molecular weight excluding hydrogens is 155 g/mol. The Morgan fingerprint density at radius 1 is 1.45 bits per heavy atom. The highest BCUT2D eigenvalue weighted by Gasteiger charge is 2.25. The molecule has 0 aliphatic heterocycles. The average Bonchev–Trinajstić information content (AvgIpc) is 1.85. The Labute approximate surface area is 64.3 Å². The van der Waals surface area contributed by atoms with Gasteiger partial charge in [0.05, 0.1) is 6.54 Å². The molecule has 4 heteroatoms. The predicted molar refractivity (Wildman–Crippen MR) is 38.4 cm³/mol. The molecule has 0 spiro atoms. The van der Waals surface area contributed by atoms with E-state index < -0.39 is 12.7 Å². The van der Waals surface area contributed by atoms with Gasteiger partial charge in [-0.3, -0.25) is 0 Å². The second-order valence-electron chi connectivity index (χ2n) is 2.32. The van der Waals surface area contributed by atoms with Crippen LogP contribution in [0.4, 0.5) is 13.2 Å². The fourth-order valence-electron chi connectivity index (χ4n) is 0.506. The third-order valence-electron chi connectivity index (χ3n) is 1.20. The maximum absolute atomic E-state index is 11.5. The smallest absolute Gasteiger partial charge is 0.305 e. The van der Waals surface area contributed by atoms with Gasteiger partial charge < -0.3 is 5.32 Å². The Morgan fingerprint density at radius 3 is 2.36 bits per heavy atom. The van der Waals surface area contributed by atoms with Gasteiger partial charge in [-0.2, -0.15) is 13.2 Å². The minimum absolute atomic E-state index is 0.246. The van der Waals surface area contributed by atoms with Crippen molar-refractivity contribution in [2.45, 2.75) is 19.5 Å². The van der Waals surface area contributed by atoms with Crippen LogP contribution in [0.25, 0.3) is 0 Å². The molecule has 0 aromatic rings. The molecular formula is C7H12F3N. The Balaban J connectivity index is 3.35. The summed E-state index contributed by atoms with van der Waals surface area (Å²) in [6.45, 7) is 4.73. The number of rotatable bonds is 4. The van der Waals surface area contributed by atoms with E-state index in [1.165, 1.54) is 0 Å². The van der Waals surface area contributed by atoms with E-state index in [1.54, 1.807) is 0 Å². The fourth-order valence-corrected chi connectivity index (χ4v) is 0.506. The zero-order valence-corrected chi connectivity index (χ0v) is 6.46. The van der Waals surface area contributed by atoms with Crippen molar-refractivity contribution in [1.29, 1.82) is 0 Å². The summed E-state index contributed by atoms with van der Waals surface area (Å²) in [6, 6.07) is 0. The van der Waals surface area contributed by atoms with Gasteiger partial charge in [0.15, 0.2) is 0 Å². The first-order valence-corrected chi connectivity index (χ1v) is 3.40. The molecule has 0 saturated heterocycles. The molecule has 0 radical (unpaired) electrons. The van der Waals surface area contributed by atoms with E-state index in [-0.39, 0.29) is 6.54 Å². The van der Waals surface area contributed by atoms with Crippen LogP contribution in [-0.4, -0.2) is 19.3 Å². The highest BCUT2D eigenvalue weighted by Crippen LogP contribution is 2.12. The minimum Gasteiger partial charge on any atom is -0.305 e. The third-order valence-corrected chi connectivity index (χ3v) is 1.20. The average molecular weight is 167 g/mol. The highest BCUT2D eigenvalue weighted by molar-refractivity contribution is 4.94. The molecule has 0 unspecified atom stereocenters. The lowest BCUT2D eigenvalue weighted by atomic mass is 10.2.